The first-order valence-corrected chi connectivity index (χ1v) is 8.72. The quantitative estimate of drug-likeness (QED) is 0.580. The zero-order chi connectivity index (χ0) is 18.7. The lowest BCUT2D eigenvalue weighted by molar-refractivity contribution is -0.384. The molecule has 0 bridgehead atoms. The lowest BCUT2D eigenvalue weighted by Crippen LogP contribution is -2.29. The van der Waals surface area contributed by atoms with Crippen LogP contribution in [0.3, 0.4) is 0 Å². The lowest BCUT2D eigenvalue weighted by Gasteiger charge is -2.28. The van der Waals surface area contributed by atoms with Crippen LogP contribution in [0.25, 0.3) is 0 Å². The van der Waals surface area contributed by atoms with E-state index in [0.29, 0.717) is 22.7 Å². The molecule has 26 heavy (non-hydrogen) atoms. The Morgan fingerprint density at radius 3 is 2.35 bits per heavy atom. The van der Waals surface area contributed by atoms with Gasteiger partial charge in [-0.1, -0.05) is 0 Å². The van der Waals surface area contributed by atoms with E-state index in [1.54, 1.807) is 24.3 Å². The largest absolute Gasteiger partial charge is 0.457 e. The Bertz CT molecular complexity index is 857. The summed E-state index contributed by atoms with van der Waals surface area (Å²) in [6.07, 6.45) is 3.23. The Hall–Kier alpha value is -3.07. The number of nitro groups is 1. The zero-order valence-electron chi connectivity index (χ0n) is 15.0. The Kier molecular flexibility index (Phi) is 5.08. The molecule has 0 N–H and O–H groups in total. The van der Waals surface area contributed by atoms with Crippen LogP contribution in [0.2, 0.25) is 0 Å². The van der Waals surface area contributed by atoms with Crippen molar-refractivity contribution in [2.24, 2.45) is 0 Å². The highest BCUT2D eigenvalue weighted by atomic mass is 16.6. The van der Waals surface area contributed by atoms with Gasteiger partial charge in [-0.2, -0.15) is 5.26 Å². The number of benzene rings is 2. The van der Waals surface area contributed by atoms with E-state index in [2.05, 4.69) is 11.0 Å². The average Bonchev–Trinajstić information content (AvgIpc) is 2.65. The molecule has 0 atom stereocenters. The van der Waals surface area contributed by atoms with Gasteiger partial charge in [0.2, 0.25) is 0 Å². The lowest BCUT2D eigenvalue weighted by atomic mass is 10.1. The summed E-state index contributed by atoms with van der Waals surface area (Å²) in [6.45, 7) is 5.42. The maximum Gasteiger partial charge on any atom is 0.292 e. The predicted octanol–water partition coefficient (Wildman–Crippen LogP) is 4.87. The number of hydrogen-bond acceptors (Lipinski definition) is 5. The van der Waals surface area contributed by atoms with Crippen LogP contribution in [0, 0.1) is 35.3 Å². The van der Waals surface area contributed by atoms with Crippen LogP contribution in [-0.2, 0) is 0 Å². The van der Waals surface area contributed by atoms with Crippen molar-refractivity contribution >= 4 is 11.4 Å². The molecule has 3 rings (SSSR count). The summed E-state index contributed by atoms with van der Waals surface area (Å²) < 4.78 is 6.05. The van der Waals surface area contributed by atoms with Gasteiger partial charge in [0.25, 0.3) is 5.69 Å². The molecule has 0 unspecified atom stereocenters. The Labute approximate surface area is 152 Å². The second-order valence-electron chi connectivity index (χ2n) is 6.61. The van der Waals surface area contributed by atoms with Gasteiger partial charge in [0.1, 0.15) is 17.2 Å². The van der Waals surface area contributed by atoms with E-state index in [1.165, 1.54) is 6.07 Å². The van der Waals surface area contributed by atoms with Gasteiger partial charge in [0.15, 0.2) is 0 Å². The standard InChI is InChI=1S/C20H21N3O3/c1-14-10-16(13-21)11-15(2)20(14)26-17-6-7-18(23(24)25)19(12-17)22-8-4-3-5-9-22/h6-7,10-12H,3-5,8-9H2,1-2H3. The number of piperidine rings is 1. The van der Waals surface area contributed by atoms with E-state index in [0.717, 1.165) is 43.5 Å². The SMILES string of the molecule is Cc1cc(C#N)cc(C)c1Oc1ccc([N+](=O)[O-])c(N2CCCCC2)c1. The number of nitro benzene ring substituents is 1. The summed E-state index contributed by atoms with van der Waals surface area (Å²) in [5, 5.41) is 20.5. The maximum atomic E-state index is 11.4. The van der Waals surface area contributed by atoms with Crippen LogP contribution in [-0.4, -0.2) is 18.0 Å². The molecular weight excluding hydrogens is 330 g/mol. The molecule has 0 spiro atoms. The van der Waals surface area contributed by atoms with Gasteiger partial charge in [0.05, 0.1) is 16.6 Å². The molecule has 1 aliphatic heterocycles. The third-order valence-electron chi connectivity index (χ3n) is 4.65. The first kappa shape index (κ1) is 17.7. The molecule has 1 aliphatic rings. The second-order valence-corrected chi connectivity index (χ2v) is 6.61. The summed E-state index contributed by atoms with van der Waals surface area (Å²) in [5.41, 5.74) is 3.02. The zero-order valence-corrected chi connectivity index (χ0v) is 15.0. The minimum Gasteiger partial charge on any atom is -0.457 e. The van der Waals surface area contributed by atoms with Crippen molar-refractivity contribution in [3.8, 4) is 17.6 Å². The number of ether oxygens (including phenoxy) is 1. The molecule has 1 heterocycles. The molecule has 6 nitrogen and oxygen atoms in total. The van der Waals surface area contributed by atoms with Gasteiger partial charge >= 0.3 is 0 Å². The van der Waals surface area contributed by atoms with Crippen LogP contribution in [0.5, 0.6) is 11.5 Å². The third-order valence-corrected chi connectivity index (χ3v) is 4.65. The number of anilines is 1. The number of nitrogens with zero attached hydrogens (tertiary/aromatic N) is 3. The topological polar surface area (TPSA) is 79.4 Å². The van der Waals surface area contributed by atoms with Crippen molar-refractivity contribution in [1.29, 1.82) is 5.26 Å². The second kappa shape index (κ2) is 7.44. The molecule has 134 valence electrons. The van der Waals surface area contributed by atoms with Crippen LogP contribution < -0.4 is 9.64 Å². The molecule has 1 fully saturated rings. The van der Waals surface area contributed by atoms with E-state index in [4.69, 9.17) is 10.00 Å². The van der Waals surface area contributed by atoms with Crippen LogP contribution >= 0.6 is 0 Å². The van der Waals surface area contributed by atoms with Gasteiger partial charge in [-0.15, -0.1) is 0 Å². The van der Waals surface area contributed by atoms with E-state index in [-0.39, 0.29) is 10.6 Å². The fourth-order valence-electron chi connectivity index (χ4n) is 3.40. The smallest absolute Gasteiger partial charge is 0.292 e. The van der Waals surface area contributed by atoms with E-state index in [9.17, 15) is 10.1 Å². The molecule has 0 saturated carbocycles. The van der Waals surface area contributed by atoms with Gasteiger partial charge in [-0.05, 0) is 62.4 Å². The maximum absolute atomic E-state index is 11.4. The highest BCUT2D eigenvalue weighted by Crippen LogP contribution is 2.37. The highest BCUT2D eigenvalue weighted by Gasteiger charge is 2.22. The number of nitriles is 1. The number of aryl methyl sites for hydroxylation is 2. The molecule has 0 aliphatic carbocycles. The average molecular weight is 351 g/mol. The summed E-state index contributed by atoms with van der Waals surface area (Å²) in [5.74, 6) is 1.24. The summed E-state index contributed by atoms with van der Waals surface area (Å²) in [4.78, 5) is 13.1. The molecule has 2 aromatic rings. The Morgan fingerprint density at radius 1 is 1.12 bits per heavy atom. The summed E-state index contributed by atoms with van der Waals surface area (Å²) >= 11 is 0. The fraction of sp³-hybridized carbons (Fsp3) is 0.350. The van der Waals surface area contributed by atoms with Crippen molar-refractivity contribution in [3.63, 3.8) is 0 Å². The molecule has 1 saturated heterocycles. The van der Waals surface area contributed by atoms with Gasteiger partial charge in [0, 0.05) is 25.2 Å². The van der Waals surface area contributed by atoms with Crippen molar-refractivity contribution in [3.05, 3.63) is 57.1 Å². The highest BCUT2D eigenvalue weighted by molar-refractivity contribution is 5.66. The molecule has 0 amide bonds. The molecule has 0 radical (unpaired) electrons. The minimum atomic E-state index is -0.341. The summed E-state index contributed by atoms with van der Waals surface area (Å²) in [7, 11) is 0. The van der Waals surface area contributed by atoms with Crippen molar-refractivity contribution < 1.29 is 9.66 Å². The Balaban J connectivity index is 1.97. The third kappa shape index (κ3) is 3.62. The molecule has 2 aromatic carbocycles. The van der Waals surface area contributed by atoms with E-state index in [1.807, 2.05) is 13.8 Å². The minimum absolute atomic E-state index is 0.104. The normalized spacial score (nSPS) is 14.0. The first-order valence-electron chi connectivity index (χ1n) is 8.72. The van der Waals surface area contributed by atoms with E-state index < -0.39 is 0 Å². The molecular formula is C20H21N3O3. The number of rotatable bonds is 4. The van der Waals surface area contributed by atoms with Gasteiger partial charge in [-0.25, -0.2) is 0 Å². The summed E-state index contributed by atoms with van der Waals surface area (Å²) in [6, 6.07) is 10.6. The van der Waals surface area contributed by atoms with Crippen LogP contribution in [0.1, 0.15) is 36.0 Å². The van der Waals surface area contributed by atoms with E-state index >= 15 is 0 Å². The number of hydrogen-bond donors (Lipinski definition) is 0. The fourth-order valence-corrected chi connectivity index (χ4v) is 3.40. The van der Waals surface area contributed by atoms with Crippen molar-refractivity contribution in [2.45, 2.75) is 33.1 Å². The van der Waals surface area contributed by atoms with Crippen LogP contribution in [0.15, 0.2) is 30.3 Å². The van der Waals surface area contributed by atoms with Gasteiger partial charge in [-0.3, -0.25) is 10.1 Å². The van der Waals surface area contributed by atoms with Crippen molar-refractivity contribution in [1.82, 2.24) is 0 Å². The van der Waals surface area contributed by atoms with Gasteiger partial charge < -0.3 is 9.64 Å². The Morgan fingerprint density at radius 2 is 1.77 bits per heavy atom. The monoisotopic (exact) mass is 351 g/mol. The predicted molar refractivity (Wildman–Crippen MR) is 99.9 cm³/mol. The van der Waals surface area contributed by atoms with Crippen LogP contribution in [0.4, 0.5) is 11.4 Å². The molecule has 6 heteroatoms. The first-order chi connectivity index (χ1) is 12.5. The molecule has 0 aromatic heterocycles. The van der Waals surface area contributed by atoms with Crippen molar-refractivity contribution in [2.75, 3.05) is 18.0 Å².